The lowest BCUT2D eigenvalue weighted by Crippen LogP contribution is -2.12. The number of hydrogen-bond acceptors (Lipinski definition) is 2. The molecule has 0 radical (unpaired) electrons. The Kier molecular flexibility index (Phi) is 3.62. The average molecular weight is 342 g/mol. The van der Waals surface area contributed by atoms with E-state index in [-0.39, 0.29) is 11.7 Å². The average Bonchev–Trinajstić information content (AvgIpc) is 2.50. The van der Waals surface area contributed by atoms with Gasteiger partial charge in [-0.05, 0) is 35.0 Å². The molecule has 3 nitrogen and oxygen atoms in total. The van der Waals surface area contributed by atoms with E-state index in [2.05, 4.69) is 21.2 Å². The third-order valence-corrected chi connectivity index (χ3v) is 3.73. The van der Waals surface area contributed by atoms with E-state index >= 15 is 0 Å². The Morgan fingerprint density at radius 2 is 1.76 bits per heavy atom. The number of phenols is 1. The van der Waals surface area contributed by atoms with Crippen LogP contribution in [0.1, 0.15) is 10.4 Å². The zero-order chi connectivity index (χ0) is 14.8. The fourth-order valence-electron chi connectivity index (χ4n) is 2.22. The molecule has 0 saturated carbocycles. The number of anilines is 1. The van der Waals surface area contributed by atoms with E-state index in [1.165, 1.54) is 6.07 Å². The van der Waals surface area contributed by atoms with E-state index in [4.69, 9.17) is 0 Å². The molecule has 0 unspecified atom stereocenters. The predicted octanol–water partition coefficient (Wildman–Crippen LogP) is 4.56. The van der Waals surface area contributed by atoms with Crippen molar-refractivity contribution in [2.75, 3.05) is 5.32 Å². The van der Waals surface area contributed by atoms with Crippen LogP contribution in [0, 0.1) is 0 Å². The van der Waals surface area contributed by atoms with Crippen molar-refractivity contribution < 1.29 is 9.90 Å². The Morgan fingerprint density at radius 3 is 2.62 bits per heavy atom. The second kappa shape index (κ2) is 5.58. The summed E-state index contributed by atoms with van der Waals surface area (Å²) in [6.07, 6.45) is 0. The van der Waals surface area contributed by atoms with E-state index in [1.807, 2.05) is 36.4 Å². The highest BCUT2D eigenvalue weighted by molar-refractivity contribution is 9.10. The van der Waals surface area contributed by atoms with Gasteiger partial charge < -0.3 is 10.4 Å². The Hall–Kier alpha value is -2.33. The van der Waals surface area contributed by atoms with Crippen molar-refractivity contribution in [2.45, 2.75) is 0 Å². The number of hydrogen-bond donors (Lipinski definition) is 2. The molecule has 0 atom stereocenters. The number of amides is 1. The first kappa shape index (κ1) is 13.6. The molecule has 0 fully saturated rings. The molecule has 1 amide bonds. The molecule has 3 aromatic carbocycles. The Balaban J connectivity index is 1.99. The van der Waals surface area contributed by atoms with Crippen LogP contribution in [0.3, 0.4) is 0 Å². The van der Waals surface area contributed by atoms with Crippen molar-refractivity contribution in [1.29, 1.82) is 0 Å². The van der Waals surface area contributed by atoms with Crippen LogP contribution in [0.15, 0.2) is 65.1 Å². The first-order valence-corrected chi connectivity index (χ1v) is 7.22. The summed E-state index contributed by atoms with van der Waals surface area (Å²) in [5.41, 5.74) is 0.954. The molecule has 0 aliphatic rings. The highest BCUT2D eigenvalue weighted by Gasteiger charge is 2.12. The van der Waals surface area contributed by atoms with Gasteiger partial charge in [-0.2, -0.15) is 0 Å². The summed E-state index contributed by atoms with van der Waals surface area (Å²) in [5, 5.41) is 14.4. The summed E-state index contributed by atoms with van der Waals surface area (Å²) in [4.78, 5) is 12.5. The summed E-state index contributed by atoms with van der Waals surface area (Å²) in [6, 6.07) is 18.2. The van der Waals surface area contributed by atoms with E-state index in [9.17, 15) is 9.90 Å². The molecule has 0 bridgehead atoms. The molecule has 0 aromatic heterocycles. The topological polar surface area (TPSA) is 49.3 Å². The number of carbonyl (C=O) groups excluding carboxylic acids is 1. The molecule has 104 valence electrons. The lowest BCUT2D eigenvalue weighted by atomic mass is 10.0. The van der Waals surface area contributed by atoms with Gasteiger partial charge in [0.25, 0.3) is 5.91 Å². The standard InChI is InChI=1S/C17H12BrNO2/c18-12-8-9-16(20)15(10-12)19-17(21)14-7-3-5-11-4-1-2-6-13(11)14/h1-10,20H,(H,19,21). The minimum Gasteiger partial charge on any atom is -0.506 e. The third-order valence-electron chi connectivity index (χ3n) is 3.24. The molecule has 3 rings (SSSR count). The fraction of sp³-hybridized carbons (Fsp3) is 0. The predicted molar refractivity (Wildman–Crippen MR) is 87.7 cm³/mol. The highest BCUT2D eigenvalue weighted by Crippen LogP contribution is 2.28. The maximum absolute atomic E-state index is 12.5. The summed E-state index contributed by atoms with van der Waals surface area (Å²) in [6.45, 7) is 0. The highest BCUT2D eigenvalue weighted by atomic mass is 79.9. The molecule has 0 heterocycles. The number of nitrogens with one attached hydrogen (secondary N) is 1. The number of phenolic OH excluding ortho intramolecular Hbond substituents is 1. The molecule has 21 heavy (non-hydrogen) atoms. The first-order chi connectivity index (χ1) is 10.1. The van der Waals surface area contributed by atoms with Crippen LogP contribution < -0.4 is 5.32 Å². The lowest BCUT2D eigenvalue weighted by molar-refractivity contribution is 0.102. The second-order valence-electron chi connectivity index (χ2n) is 4.64. The molecule has 0 saturated heterocycles. The van der Waals surface area contributed by atoms with E-state index in [1.54, 1.807) is 18.2 Å². The van der Waals surface area contributed by atoms with Gasteiger partial charge in [0.15, 0.2) is 0 Å². The summed E-state index contributed by atoms with van der Waals surface area (Å²) >= 11 is 3.32. The molecular formula is C17H12BrNO2. The summed E-state index contributed by atoms with van der Waals surface area (Å²) in [5.74, 6) is -0.216. The maximum atomic E-state index is 12.5. The van der Waals surface area contributed by atoms with Crippen LogP contribution >= 0.6 is 15.9 Å². The quantitative estimate of drug-likeness (QED) is 0.671. The van der Waals surface area contributed by atoms with Gasteiger partial charge in [0.1, 0.15) is 5.75 Å². The largest absolute Gasteiger partial charge is 0.506 e. The third kappa shape index (κ3) is 2.76. The lowest BCUT2D eigenvalue weighted by Gasteiger charge is -2.09. The Morgan fingerprint density at radius 1 is 1.00 bits per heavy atom. The van der Waals surface area contributed by atoms with Gasteiger partial charge in [-0.1, -0.05) is 52.3 Å². The van der Waals surface area contributed by atoms with Crippen LogP contribution in [0.2, 0.25) is 0 Å². The summed E-state index contributed by atoms with van der Waals surface area (Å²) in [7, 11) is 0. The molecule has 0 aliphatic heterocycles. The zero-order valence-electron chi connectivity index (χ0n) is 11.0. The minimum atomic E-state index is -0.250. The van der Waals surface area contributed by atoms with Crippen molar-refractivity contribution in [3.8, 4) is 5.75 Å². The molecule has 3 aromatic rings. The molecule has 2 N–H and O–H groups in total. The number of benzene rings is 3. The van der Waals surface area contributed by atoms with Gasteiger partial charge in [-0.3, -0.25) is 4.79 Å². The van der Waals surface area contributed by atoms with E-state index in [0.717, 1.165) is 15.2 Å². The van der Waals surface area contributed by atoms with Gasteiger partial charge in [0.05, 0.1) is 5.69 Å². The smallest absolute Gasteiger partial charge is 0.256 e. The molecule has 0 aliphatic carbocycles. The maximum Gasteiger partial charge on any atom is 0.256 e. The normalized spacial score (nSPS) is 10.5. The molecule has 0 spiro atoms. The van der Waals surface area contributed by atoms with Crippen molar-refractivity contribution in [3.63, 3.8) is 0 Å². The van der Waals surface area contributed by atoms with Gasteiger partial charge in [-0.25, -0.2) is 0 Å². The monoisotopic (exact) mass is 341 g/mol. The van der Waals surface area contributed by atoms with Crippen molar-refractivity contribution >= 4 is 38.3 Å². The number of halogens is 1. The zero-order valence-corrected chi connectivity index (χ0v) is 12.6. The van der Waals surface area contributed by atoms with Gasteiger partial charge in [0, 0.05) is 10.0 Å². The first-order valence-electron chi connectivity index (χ1n) is 6.43. The van der Waals surface area contributed by atoms with Gasteiger partial charge in [-0.15, -0.1) is 0 Å². The Labute approximate surface area is 130 Å². The molecule has 4 heteroatoms. The van der Waals surface area contributed by atoms with Gasteiger partial charge in [0.2, 0.25) is 0 Å². The van der Waals surface area contributed by atoms with E-state index in [0.29, 0.717) is 11.3 Å². The number of carbonyl (C=O) groups is 1. The van der Waals surface area contributed by atoms with Crippen LogP contribution in [0.5, 0.6) is 5.75 Å². The second-order valence-corrected chi connectivity index (χ2v) is 5.56. The minimum absolute atomic E-state index is 0.0341. The van der Waals surface area contributed by atoms with Crippen LogP contribution in [-0.2, 0) is 0 Å². The number of aromatic hydroxyl groups is 1. The van der Waals surface area contributed by atoms with Crippen LogP contribution in [-0.4, -0.2) is 11.0 Å². The number of rotatable bonds is 2. The van der Waals surface area contributed by atoms with Crippen molar-refractivity contribution in [1.82, 2.24) is 0 Å². The van der Waals surface area contributed by atoms with Gasteiger partial charge >= 0.3 is 0 Å². The SMILES string of the molecule is O=C(Nc1cc(Br)ccc1O)c1cccc2ccccc12. The van der Waals surface area contributed by atoms with Crippen LogP contribution in [0.25, 0.3) is 10.8 Å². The van der Waals surface area contributed by atoms with Crippen molar-refractivity contribution in [3.05, 3.63) is 70.7 Å². The molecular weight excluding hydrogens is 330 g/mol. The van der Waals surface area contributed by atoms with E-state index < -0.39 is 0 Å². The summed E-state index contributed by atoms with van der Waals surface area (Å²) < 4.78 is 0.786. The van der Waals surface area contributed by atoms with Crippen LogP contribution in [0.4, 0.5) is 5.69 Å². The van der Waals surface area contributed by atoms with Crippen molar-refractivity contribution in [2.24, 2.45) is 0 Å². The Bertz CT molecular complexity index is 825. The number of fused-ring (bicyclic) bond motifs is 1. The fourth-order valence-corrected chi connectivity index (χ4v) is 2.58.